The van der Waals surface area contributed by atoms with Crippen LogP contribution in [0.2, 0.25) is 0 Å². The van der Waals surface area contributed by atoms with E-state index in [9.17, 15) is 9.59 Å². The number of aromatic nitrogens is 1. The smallest absolute Gasteiger partial charge is 0.234 e. The minimum absolute atomic E-state index is 0.0639. The Morgan fingerprint density at radius 1 is 1.14 bits per heavy atom. The Morgan fingerprint density at radius 3 is 2.61 bits per heavy atom. The molecule has 1 saturated heterocycles. The summed E-state index contributed by atoms with van der Waals surface area (Å²) >= 11 is 0. The van der Waals surface area contributed by atoms with Gasteiger partial charge in [0.25, 0.3) is 0 Å². The monoisotopic (exact) mass is 387 g/mol. The molecule has 3 rings (SSSR count). The van der Waals surface area contributed by atoms with Crippen LogP contribution in [0.25, 0.3) is 0 Å². The van der Waals surface area contributed by atoms with Gasteiger partial charge in [-0.3, -0.25) is 19.5 Å². The van der Waals surface area contributed by atoms with Gasteiger partial charge in [0.2, 0.25) is 11.8 Å². The van der Waals surface area contributed by atoms with Gasteiger partial charge in [0.1, 0.15) is 0 Å². The first-order chi connectivity index (χ1) is 13.5. The Morgan fingerprint density at radius 2 is 1.93 bits per heavy atom. The van der Waals surface area contributed by atoms with E-state index in [0.717, 1.165) is 30.9 Å². The third-order valence-electron chi connectivity index (χ3n) is 5.57. The first kappa shape index (κ1) is 20.7. The molecular formula is C21H33N5O2. The van der Waals surface area contributed by atoms with E-state index in [1.54, 1.807) is 12.4 Å². The second-order valence-corrected chi connectivity index (χ2v) is 8.41. The predicted octanol–water partition coefficient (Wildman–Crippen LogP) is 1.01. The number of likely N-dealkylation sites (N-methyl/N-ethyl adjacent to an activating group) is 1. The Balaban J connectivity index is 1.48. The minimum Gasteiger partial charge on any atom is -0.353 e. The van der Waals surface area contributed by atoms with E-state index in [2.05, 4.69) is 20.5 Å². The SMILES string of the molecule is CN(C)CC(=O)NC[C@@H]1CC[C@H](CC(=O)NCc2cccnc2)N1CC1CC1. The van der Waals surface area contributed by atoms with Crippen LogP contribution in [0.5, 0.6) is 0 Å². The lowest BCUT2D eigenvalue weighted by molar-refractivity contribution is -0.123. The van der Waals surface area contributed by atoms with Crippen molar-refractivity contribution in [2.75, 3.05) is 33.7 Å². The minimum atomic E-state index is 0.0639. The standard InChI is InChI=1S/C21H33N5O2/c1-25(2)15-21(28)24-13-19-8-7-18(26(19)14-16-5-6-16)10-20(27)23-12-17-4-3-9-22-11-17/h3-4,9,11,16,18-19H,5-8,10,12-15H2,1-2H3,(H,23,27)(H,24,28)/t18-,19+/m1/s1. The van der Waals surface area contributed by atoms with Gasteiger partial charge in [-0.25, -0.2) is 0 Å². The molecule has 1 aliphatic carbocycles. The fourth-order valence-electron chi connectivity index (χ4n) is 3.91. The summed E-state index contributed by atoms with van der Waals surface area (Å²) in [4.78, 5) is 32.9. The fraction of sp³-hybridized carbons (Fsp3) is 0.667. The molecule has 2 aliphatic rings. The van der Waals surface area contributed by atoms with Crippen molar-refractivity contribution in [2.24, 2.45) is 5.92 Å². The van der Waals surface area contributed by atoms with Crippen molar-refractivity contribution in [1.29, 1.82) is 0 Å². The molecule has 7 nitrogen and oxygen atoms in total. The van der Waals surface area contributed by atoms with Gasteiger partial charge in [0.05, 0.1) is 6.54 Å². The van der Waals surface area contributed by atoms with Gasteiger partial charge in [-0.2, -0.15) is 0 Å². The van der Waals surface area contributed by atoms with E-state index in [4.69, 9.17) is 0 Å². The zero-order chi connectivity index (χ0) is 19.9. The molecule has 2 heterocycles. The number of nitrogens with one attached hydrogen (secondary N) is 2. The summed E-state index contributed by atoms with van der Waals surface area (Å²) in [6, 6.07) is 4.45. The van der Waals surface area contributed by atoms with E-state index in [0.29, 0.717) is 32.1 Å². The molecule has 0 unspecified atom stereocenters. The molecule has 0 aromatic carbocycles. The van der Waals surface area contributed by atoms with Gasteiger partial charge >= 0.3 is 0 Å². The first-order valence-corrected chi connectivity index (χ1v) is 10.3. The molecule has 7 heteroatoms. The quantitative estimate of drug-likeness (QED) is 0.627. The van der Waals surface area contributed by atoms with Crippen LogP contribution in [0.1, 0.15) is 37.7 Å². The number of carbonyl (C=O) groups excluding carboxylic acids is 2. The Bertz CT molecular complexity index is 647. The van der Waals surface area contributed by atoms with Crippen molar-refractivity contribution in [3.05, 3.63) is 30.1 Å². The van der Waals surface area contributed by atoms with Crippen molar-refractivity contribution >= 4 is 11.8 Å². The molecule has 0 spiro atoms. The highest BCUT2D eigenvalue weighted by atomic mass is 16.2. The number of carbonyl (C=O) groups is 2. The molecule has 1 aliphatic heterocycles. The van der Waals surface area contributed by atoms with Gasteiger partial charge in [-0.05, 0) is 57.3 Å². The molecule has 2 atom stereocenters. The predicted molar refractivity (Wildman–Crippen MR) is 109 cm³/mol. The summed E-state index contributed by atoms with van der Waals surface area (Å²) < 4.78 is 0. The maximum absolute atomic E-state index is 12.5. The average molecular weight is 388 g/mol. The zero-order valence-electron chi connectivity index (χ0n) is 17.1. The molecule has 2 fully saturated rings. The zero-order valence-corrected chi connectivity index (χ0v) is 17.1. The summed E-state index contributed by atoms with van der Waals surface area (Å²) in [5, 5.41) is 6.09. The van der Waals surface area contributed by atoms with Crippen LogP contribution in [-0.2, 0) is 16.1 Å². The van der Waals surface area contributed by atoms with Crippen LogP contribution < -0.4 is 10.6 Å². The highest BCUT2D eigenvalue weighted by Gasteiger charge is 2.37. The van der Waals surface area contributed by atoms with Gasteiger partial charge in [-0.1, -0.05) is 6.07 Å². The van der Waals surface area contributed by atoms with Crippen molar-refractivity contribution in [1.82, 2.24) is 25.4 Å². The molecular weight excluding hydrogens is 354 g/mol. The second-order valence-electron chi connectivity index (χ2n) is 8.41. The van der Waals surface area contributed by atoms with Gasteiger partial charge in [-0.15, -0.1) is 0 Å². The number of hydrogen-bond acceptors (Lipinski definition) is 5. The summed E-state index contributed by atoms with van der Waals surface area (Å²) in [6.45, 7) is 2.66. The third-order valence-corrected chi connectivity index (χ3v) is 5.57. The maximum atomic E-state index is 12.5. The molecule has 1 aromatic heterocycles. The van der Waals surface area contributed by atoms with Crippen molar-refractivity contribution in [3.63, 3.8) is 0 Å². The van der Waals surface area contributed by atoms with Crippen LogP contribution >= 0.6 is 0 Å². The molecule has 28 heavy (non-hydrogen) atoms. The Hall–Kier alpha value is -1.99. The maximum Gasteiger partial charge on any atom is 0.234 e. The number of rotatable bonds is 10. The lowest BCUT2D eigenvalue weighted by Crippen LogP contribution is -2.46. The number of nitrogens with zero attached hydrogens (tertiary/aromatic N) is 3. The van der Waals surface area contributed by atoms with Crippen molar-refractivity contribution in [3.8, 4) is 0 Å². The number of amides is 2. The molecule has 2 amide bonds. The normalized spacial score (nSPS) is 22.4. The molecule has 0 bridgehead atoms. The number of hydrogen-bond donors (Lipinski definition) is 2. The van der Waals surface area contributed by atoms with E-state index in [1.807, 2.05) is 31.1 Å². The van der Waals surface area contributed by atoms with E-state index in [-0.39, 0.29) is 17.9 Å². The lowest BCUT2D eigenvalue weighted by Gasteiger charge is -2.30. The van der Waals surface area contributed by atoms with Crippen LogP contribution in [0.3, 0.4) is 0 Å². The molecule has 1 aromatic rings. The topological polar surface area (TPSA) is 77.6 Å². The van der Waals surface area contributed by atoms with Crippen LogP contribution in [0.15, 0.2) is 24.5 Å². The van der Waals surface area contributed by atoms with Gasteiger partial charge < -0.3 is 15.5 Å². The van der Waals surface area contributed by atoms with Gasteiger partial charge in [0, 0.05) is 50.5 Å². The van der Waals surface area contributed by atoms with Crippen LogP contribution in [0.4, 0.5) is 0 Å². The van der Waals surface area contributed by atoms with E-state index < -0.39 is 0 Å². The van der Waals surface area contributed by atoms with E-state index >= 15 is 0 Å². The highest BCUT2D eigenvalue weighted by molar-refractivity contribution is 5.78. The summed E-state index contributed by atoms with van der Waals surface area (Å²) in [5.41, 5.74) is 1.01. The molecule has 154 valence electrons. The summed E-state index contributed by atoms with van der Waals surface area (Å²) in [7, 11) is 3.80. The number of pyridine rings is 1. The molecule has 1 saturated carbocycles. The van der Waals surface area contributed by atoms with Gasteiger partial charge in [0.15, 0.2) is 0 Å². The van der Waals surface area contributed by atoms with Crippen molar-refractivity contribution in [2.45, 2.75) is 50.7 Å². The van der Waals surface area contributed by atoms with Crippen molar-refractivity contribution < 1.29 is 9.59 Å². The molecule has 2 N–H and O–H groups in total. The highest BCUT2D eigenvalue weighted by Crippen LogP contribution is 2.35. The van der Waals surface area contributed by atoms with Crippen LogP contribution in [-0.4, -0.2) is 72.4 Å². The lowest BCUT2D eigenvalue weighted by atomic mass is 10.1. The average Bonchev–Trinajstić information content (AvgIpc) is 3.41. The fourth-order valence-corrected chi connectivity index (χ4v) is 3.91. The third kappa shape index (κ3) is 6.56. The largest absolute Gasteiger partial charge is 0.353 e. The Labute approximate surface area is 167 Å². The van der Waals surface area contributed by atoms with Crippen LogP contribution in [0, 0.1) is 5.92 Å². The first-order valence-electron chi connectivity index (χ1n) is 10.3. The molecule has 0 radical (unpaired) electrons. The Kier molecular flexibility index (Phi) is 7.39. The summed E-state index contributed by atoms with van der Waals surface area (Å²) in [6.07, 6.45) is 8.66. The number of likely N-dealkylation sites (tertiary alicyclic amines) is 1. The van der Waals surface area contributed by atoms with E-state index in [1.165, 1.54) is 12.8 Å². The second kappa shape index (κ2) is 9.98. The summed E-state index contributed by atoms with van der Waals surface area (Å²) in [5.74, 6) is 0.917.